The van der Waals surface area contributed by atoms with Gasteiger partial charge in [-0.05, 0) is 34.7 Å². The van der Waals surface area contributed by atoms with Crippen LogP contribution < -0.4 is 19.5 Å². The van der Waals surface area contributed by atoms with E-state index >= 15 is 0 Å². The van der Waals surface area contributed by atoms with Crippen LogP contribution in [-0.4, -0.2) is 36.1 Å². The number of aliphatic carboxylic acids is 2. The number of carboxylic acids is 2. The van der Waals surface area contributed by atoms with Crippen molar-refractivity contribution in [3.05, 3.63) is 65.7 Å². The zero-order valence-corrected chi connectivity index (χ0v) is 16.3. The van der Waals surface area contributed by atoms with E-state index in [1.807, 2.05) is 24.3 Å². The number of carboxylic acid groups (broad SMARTS) is 2. The lowest BCUT2D eigenvalue weighted by Gasteiger charge is -2.11. The first-order chi connectivity index (χ1) is 14.5. The van der Waals surface area contributed by atoms with Gasteiger partial charge in [-0.1, -0.05) is 36.4 Å². The summed E-state index contributed by atoms with van der Waals surface area (Å²) in [5.74, 6) is -1.10. The summed E-state index contributed by atoms with van der Waals surface area (Å²) in [5.41, 5.74) is 2.43. The number of benzene rings is 3. The van der Waals surface area contributed by atoms with Crippen molar-refractivity contribution in [1.29, 1.82) is 0 Å². The van der Waals surface area contributed by atoms with E-state index in [1.165, 1.54) is 16.5 Å². The van der Waals surface area contributed by atoms with E-state index in [-0.39, 0.29) is 0 Å². The molecule has 8 nitrogen and oxygen atoms in total. The van der Waals surface area contributed by atoms with Crippen LogP contribution in [0.3, 0.4) is 0 Å². The minimum atomic E-state index is -1.82. The average molecular weight is 411 g/mol. The lowest BCUT2D eigenvalue weighted by atomic mass is 10.0. The molecule has 3 aromatic carbocycles. The molecule has 0 aliphatic carbocycles. The monoisotopic (exact) mass is 411 g/mol. The van der Waals surface area contributed by atoms with E-state index in [9.17, 15) is 0 Å². The van der Waals surface area contributed by atoms with Crippen molar-refractivity contribution in [2.45, 2.75) is 13.1 Å². The Labute approximate surface area is 172 Å². The maximum atomic E-state index is 9.10. The van der Waals surface area contributed by atoms with Crippen LogP contribution >= 0.6 is 0 Å². The molecule has 3 N–H and O–H groups in total. The molecule has 156 valence electrons. The highest BCUT2D eigenvalue weighted by Crippen LogP contribution is 2.32. The number of nitrogens with one attached hydrogen (secondary N) is 1. The summed E-state index contributed by atoms with van der Waals surface area (Å²) in [6, 6.07) is 18.5. The molecule has 0 fully saturated rings. The topological polar surface area (TPSA) is 114 Å². The standard InChI is InChI=1S/C20H19NO3.C2H2O4/c1-22-18-9-7-15(16-4-2-3-5-17(16)18)12-21-11-14-6-8-19-20(10-14)24-13-23-19;3-1(4)2(5)6/h2-10,21H,11-13H2,1H3;(H,3,4)(H,5,6). The second-order valence-electron chi connectivity index (χ2n) is 6.37. The van der Waals surface area contributed by atoms with Crippen LogP contribution in [0.4, 0.5) is 0 Å². The number of hydrogen-bond acceptors (Lipinski definition) is 6. The molecular weight excluding hydrogens is 390 g/mol. The van der Waals surface area contributed by atoms with Crippen molar-refractivity contribution in [1.82, 2.24) is 5.32 Å². The predicted octanol–water partition coefficient (Wildman–Crippen LogP) is 3.02. The minimum Gasteiger partial charge on any atom is -0.496 e. The Balaban J connectivity index is 0.000000377. The molecule has 4 rings (SSSR count). The maximum Gasteiger partial charge on any atom is 0.414 e. The first-order valence-corrected chi connectivity index (χ1v) is 9.09. The fraction of sp³-hybridized carbons (Fsp3) is 0.182. The van der Waals surface area contributed by atoms with Gasteiger partial charge >= 0.3 is 11.9 Å². The van der Waals surface area contributed by atoms with Crippen molar-refractivity contribution in [3.63, 3.8) is 0 Å². The minimum absolute atomic E-state index is 0.310. The molecule has 0 atom stereocenters. The Morgan fingerprint density at radius 3 is 2.33 bits per heavy atom. The Bertz CT molecular complexity index is 1050. The average Bonchev–Trinajstić information content (AvgIpc) is 3.22. The third-order valence-electron chi connectivity index (χ3n) is 4.46. The highest BCUT2D eigenvalue weighted by Gasteiger charge is 2.13. The molecule has 8 heteroatoms. The molecule has 0 radical (unpaired) electrons. The Morgan fingerprint density at radius 1 is 0.933 bits per heavy atom. The summed E-state index contributed by atoms with van der Waals surface area (Å²) >= 11 is 0. The highest BCUT2D eigenvalue weighted by molar-refractivity contribution is 6.27. The van der Waals surface area contributed by atoms with E-state index < -0.39 is 11.9 Å². The van der Waals surface area contributed by atoms with Gasteiger partial charge in [-0.2, -0.15) is 0 Å². The van der Waals surface area contributed by atoms with Gasteiger partial charge in [0.25, 0.3) is 0 Å². The number of hydrogen-bond donors (Lipinski definition) is 3. The summed E-state index contributed by atoms with van der Waals surface area (Å²) in [6.45, 7) is 1.87. The van der Waals surface area contributed by atoms with Crippen molar-refractivity contribution in [2.75, 3.05) is 13.9 Å². The summed E-state index contributed by atoms with van der Waals surface area (Å²) < 4.78 is 16.2. The molecule has 0 saturated carbocycles. The van der Waals surface area contributed by atoms with Crippen molar-refractivity contribution >= 4 is 22.7 Å². The third-order valence-corrected chi connectivity index (χ3v) is 4.46. The lowest BCUT2D eigenvalue weighted by Crippen LogP contribution is -2.13. The second kappa shape index (κ2) is 9.62. The number of ether oxygens (including phenoxy) is 3. The third kappa shape index (κ3) is 4.98. The Hall–Kier alpha value is -3.78. The molecule has 0 unspecified atom stereocenters. The van der Waals surface area contributed by atoms with Crippen molar-refractivity contribution in [3.8, 4) is 17.2 Å². The van der Waals surface area contributed by atoms with Crippen LogP contribution in [0.2, 0.25) is 0 Å². The van der Waals surface area contributed by atoms with Crippen LogP contribution in [0.15, 0.2) is 54.6 Å². The van der Waals surface area contributed by atoms with E-state index in [2.05, 4.69) is 35.6 Å². The van der Waals surface area contributed by atoms with E-state index in [4.69, 9.17) is 34.0 Å². The van der Waals surface area contributed by atoms with Gasteiger partial charge in [0.1, 0.15) is 5.75 Å². The van der Waals surface area contributed by atoms with Gasteiger partial charge in [-0.25, -0.2) is 9.59 Å². The lowest BCUT2D eigenvalue weighted by molar-refractivity contribution is -0.159. The summed E-state index contributed by atoms with van der Waals surface area (Å²) in [6.07, 6.45) is 0. The van der Waals surface area contributed by atoms with Gasteiger partial charge < -0.3 is 29.7 Å². The maximum absolute atomic E-state index is 9.10. The van der Waals surface area contributed by atoms with E-state index in [0.717, 1.165) is 35.7 Å². The van der Waals surface area contributed by atoms with Crippen LogP contribution in [0.1, 0.15) is 11.1 Å². The molecule has 0 aromatic heterocycles. The van der Waals surface area contributed by atoms with Gasteiger partial charge in [0.05, 0.1) is 7.11 Å². The van der Waals surface area contributed by atoms with Crippen LogP contribution in [0, 0.1) is 0 Å². The smallest absolute Gasteiger partial charge is 0.414 e. The van der Waals surface area contributed by atoms with Gasteiger partial charge in [0.15, 0.2) is 11.5 Å². The molecule has 1 aliphatic rings. The molecule has 3 aromatic rings. The van der Waals surface area contributed by atoms with Gasteiger partial charge in [-0.15, -0.1) is 0 Å². The zero-order valence-electron chi connectivity index (χ0n) is 16.3. The SMILES string of the molecule is COc1ccc(CNCc2ccc3c(c2)OCO3)c2ccccc12.O=C(O)C(=O)O. The fourth-order valence-corrected chi connectivity index (χ4v) is 3.06. The number of methoxy groups -OCH3 is 1. The number of carbonyl (C=O) groups is 2. The molecule has 0 saturated heterocycles. The van der Waals surface area contributed by atoms with E-state index in [0.29, 0.717) is 6.79 Å². The zero-order chi connectivity index (χ0) is 21.5. The quantitative estimate of drug-likeness (QED) is 0.549. The summed E-state index contributed by atoms with van der Waals surface area (Å²) in [4.78, 5) is 18.2. The normalized spacial score (nSPS) is 11.5. The molecular formula is C22H21NO7. The molecule has 1 heterocycles. The fourth-order valence-electron chi connectivity index (χ4n) is 3.06. The second-order valence-corrected chi connectivity index (χ2v) is 6.37. The van der Waals surface area contributed by atoms with Crippen LogP contribution in [0.5, 0.6) is 17.2 Å². The molecule has 1 aliphatic heterocycles. The molecule has 30 heavy (non-hydrogen) atoms. The Morgan fingerprint density at radius 2 is 1.63 bits per heavy atom. The largest absolute Gasteiger partial charge is 0.496 e. The van der Waals surface area contributed by atoms with Crippen LogP contribution in [0.25, 0.3) is 10.8 Å². The van der Waals surface area contributed by atoms with Gasteiger partial charge in [-0.3, -0.25) is 0 Å². The van der Waals surface area contributed by atoms with Gasteiger partial charge in [0, 0.05) is 18.5 Å². The number of rotatable bonds is 5. The van der Waals surface area contributed by atoms with Gasteiger partial charge in [0.2, 0.25) is 6.79 Å². The Kier molecular flexibility index (Phi) is 6.71. The predicted molar refractivity (Wildman–Crippen MR) is 109 cm³/mol. The summed E-state index contributed by atoms with van der Waals surface area (Å²) in [5, 5.41) is 20.6. The first-order valence-electron chi connectivity index (χ1n) is 9.09. The molecule has 0 bridgehead atoms. The van der Waals surface area contributed by atoms with Crippen molar-refractivity contribution in [2.24, 2.45) is 0 Å². The van der Waals surface area contributed by atoms with Crippen LogP contribution in [-0.2, 0) is 22.7 Å². The number of fused-ring (bicyclic) bond motifs is 2. The molecule has 0 amide bonds. The first kappa shape index (κ1) is 20.9. The summed E-state index contributed by atoms with van der Waals surface area (Å²) in [7, 11) is 1.71. The van der Waals surface area contributed by atoms with Crippen molar-refractivity contribution < 1.29 is 34.0 Å². The molecule has 0 spiro atoms. The highest BCUT2D eigenvalue weighted by atomic mass is 16.7. The van der Waals surface area contributed by atoms with E-state index in [1.54, 1.807) is 7.11 Å².